The minimum atomic E-state index is -0.387. The number of hydrogen-bond acceptors (Lipinski definition) is 5. The van der Waals surface area contributed by atoms with Crippen LogP contribution in [0.15, 0.2) is 18.2 Å². The van der Waals surface area contributed by atoms with Crippen molar-refractivity contribution in [1.29, 1.82) is 0 Å². The van der Waals surface area contributed by atoms with Gasteiger partial charge in [0.1, 0.15) is 6.04 Å². The fraction of sp³-hybridized carbons (Fsp3) is 0.500. The monoisotopic (exact) mass is 279 g/mol. The summed E-state index contributed by atoms with van der Waals surface area (Å²) in [6, 6.07) is 5.26. The lowest BCUT2D eigenvalue weighted by atomic mass is 10.1. The lowest BCUT2D eigenvalue weighted by Crippen LogP contribution is -2.40. The third-order valence-corrected chi connectivity index (χ3v) is 3.62. The molecule has 5 N–H and O–H groups in total. The largest absolute Gasteiger partial charge is 0.399 e. The van der Waals surface area contributed by atoms with Gasteiger partial charge in [-0.2, -0.15) is 0 Å². The number of primary amides is 1. The molecule has 20 heavy (non-hydrogen) atoms. The average Bonchev–Trinajstić information content (AvgIpc) is 2.84. The van der Waals surface area contributed by atoms with E-state index in [0.717, 1.165) is 16.9 Å². The van der Waals surface area contributed by atoms with Gasteiger partial charge in [-0.15, -0.1) is 0 Å². The molecular weight excluding hydrogens is 258 g/mol. The number of carbonyl (C=O) groups is 1. The summed E-state index contributed by atoms with van der Waals surface area (Å²) in [5, 5.41) is 8.81. The molecule has 1 aliphatic heterocycles. The number of rotatable bonds is 5. The van der Waals surface area contributed by atoms with E-state index in [1.807, 2.05) is 30.0 Å². The zero-order valence-electron chi connectivity index (χ0n) is 11.6. The molecule has 1 fully saturated rings. The molecule has 0 aromatic heterocycles. The Labute approximate surface area is 118 Å². The van der Waals surface area contributed by atoms with Gasteiger partial charge in [0, 0.05) is 24.3 Å². The molecule has 1 aromatic carbocycles. The van der Waals surface area contributed by atoms with Crippen molar-refractivity contribution in [3.63, 3.8) is 0 Å². The Hall–Kier alpha value is -1.79. The number of nitrogens with zero attached hydrogens (tertiary/aromatic N) is 1. The molecule has 2 atom stereocenters. The summed E-state index contributed by atoms with van der Waals surface area (Å²) < 4.78 is 5.51. The van der Waals surface area contributed by atoms with E-state index < -0.39 is 0 Å². The molecule has 0 bridgehead atoms. The van der Waals surface area contributed by atoms with E-state index in [-0.39, 0.29) is 31.3 Å². The topological polar surface area (TPSA) is 102 Å². The number of carbonyl (C=O) groups excluding carboxylic acids is 1. The first-order chi connectivity index (χ1) is 9.52. The van der Waals surface area contributed by atoms with Gasteiger partial charge in [-0.25, -0.2) is 0 Å². The van der Waals surface area contributed by atoms with Crippen LogP contribution in [0.25, 0.3) is 0 Å². The van der Waals surface area contributed by atoms with Gasteiger partial charge in [0.05, 0.1) is 19.3 Å². The van der Waals surface area contributed by atoms with Crippen molar-refractivity contribution in [2.75, 3.05) is 30.4 Å². The van der Waals surface area contributed by atoms with E-state index >= 15 is 0 Å². The number of amides is 1. The molecule has 2 rings (SSSR count). The highest BCUT2D eigenvalue weighted by molar-refractivity contribution is 5.84. The molecule has 0 aliphatic carbocycles. The average molecular weight is 279 g/mol. The zero-order chi connectivity index (χ0) is 14.7. The Kier molecular flexibility index (Phi) is 4.46. The smallest absolute Gasteiger partial charge is 0.240 e. The van der Waals surface area contributed by atoms with Crippen molar-refractivity contribution in [2.45, 2.75) is 25.5 Å². The lowest BCUT2D eigenvalue weighted by molar-refractivity contribution is -0.119. The van der Waals surface area contributed by atoms with Crippen molar-refractivity contribution in [3.8, 4) is 0 Å². The number of anilines is 2. The molecule has 0 spiro atoms. The summed E-state index contributed by atoms with van der Waals surface area (Å²) in [5.41, 5.74) is 13.9. The molecule has 6 heteroatoms. The highest BCUT2D eigenvalue weighted by Gasteiger charge is 2.36. The van der Waals surface area contributed by atoms with Crippen LogP contribution in [0.3, 0.4) is 0 Å². The fourth-order valence-electron chi connectivity index (χ4n) is 2.53. The van der Waals surface area contributed by atoms with Gasteiger partial charge < -0.3 is 26.2 Å². The Morgan fingerprint density at radius 2 is 2.30 bits per heavy atom. The van der Waals surface area contributed by atoms with Gasteiger partial charge in [0.2, 0.25) is 5.91 Å². The molecule has 6 nitrogen and oxygen atoms in total. The number of nitrogens with two attached hydrogens (primary N) is 2. The summed E-state index contributed by atoms with van der Waals surface area (Å²) in [4.78, 5) is 13.5. The summed E-state index contributed by atoms with van der Waals surface area (Å²) in [6.45, 7) is 2.74. The van der Waals surface area contributed by atoms with E-state index in [9.17, 15) is 4.79 Å². The van der Waals surface area contributed by atoms with E-state index in [1.54, 1.807) is 0 Å². The van der Waals surface area contributed by atoms with Crippen molar-refractivity contribution in [2.24, 2.45) is 5.73 Å². The maximum absolute atomic E-state index is 11.6. The number of nitrogen functional groups attached to an aromatic ring is 1. The molecule has 110 valence electrons. The lowest BCUT2D eigenvalue weighted by Gasteiger charge is -2.24. The second-order valence-corrected chi connectivity index (χ2v) is 5.06. The minimum Gasteiger partial charge on any atom is -0.399 e. The molecule has 1 amide bonds. The molecule has 1 aliphatic rings. The molecule has 1 aromatic rings. The van der Waals surface area contributed by atoms with Gasteiger partial charge in [-0.1, -0.05) is 0 Å². The highest BCUT2D eigenvalue weighted by atomic mass is 16.5. The quantitative estimate of drug-likeness (QED) is 0.659. The number of aliphatic hydroxyl groups is 1. The predicted molar refractivity (Wildman–Crippen MR) is 77.4 cm³/mol. The van der Waals surface area contributed by atoms with Crippen molar-refractivity contribution < 1.29 is 14.6 Å². The summed E-state index contributed by atoms with van der Waals surface area (Å²) in [5.74, 6) is -0.366. The second-order valence-electron chi connectivity index (χ2n) is 5.06. The van der Waals surface area contributed by atoms with Crippen LogP contribution in [0.4, 0.5) is 11.4 Å². The zero-order valence-corrected chi connectivity index (χ0v) is 11.6. The van der Waals surface area contributed by atoms with Crippen molar-refractivity contribution in [3.05, 3.63) is 23.8 Å². The molecular formula is C14H21N3O3. The minimum absolute atomic E-state index is 0.0291. The third kappa shape index (κ3) is 3.02. The normalized spacial score (nSPS) is 22.2. The van der Waals surface area contributed by atoms with E-state index in [4.69, 9.17) is 21.3 Å². The molecule has 1 saturated heterocycles. The van der Waals surface area contributed by atoms with Crippen LogP contribution >= 0.6 is 0 Å². The van der Waals surface area contributed by atoms with Crippen LogP contribution in [0.1, 0.15) is 12.0 Å². The molecule has 0 radical (unpaired) electrons. The van der Waals surface area contributed by atoms with Gasteiger partial charge in [-0.05, 0) is 30.7 Å². The number of aliphatic hydroxyl groups excluding tert-OH is 1. The Morgan fingerprint density at radius 3 is 2.90 bits per heavy atom. The highest BCUT2D eigenvalue weighted by Crippen LogP contribution is 2.29. The second kappa shape index (κ2) is 6.11. The Bertz CT molecular complexity index is 493. The predicted octanol–water partition coefficient (Wildman–Crippen LogP) is 0.0187. The van der Waals surface area contributed by atoms with Gasteiger partial charge in [-0.3, -0.25) is 4.79 Å². The fourth-order valence-corrected chi connectivity index (χ4v) is 2.53. The number of ether oxygens (including phenoxy) is 1. The van der Waals surface area contributed by atoms with E-state index in [2.05, 4.69) is 0 Å². The summed E-state index contributed by atoms with van der Waals surface area (Å²) in [6.07, 6.45) is 0.441. The van der Waals surface area contributed by atoms with Crippen LogP contribution in [-0.2, 0) is 9.53 Å². The van der Waals surface area contributed by atoms with Gasteiger partial charge in [0.15, 0.2) is 0 Å². The van der Waals surface area contributed by atoms with Crippen LogP contribution in [0, 0.1) is 6.92 Å². The van der Waals surface area contributed by atoms with Gasteiger partial charge in [0.25, 0.3) is 0 Å². The van der Waals surface area contributed by atoms with Crippen LogP contribution in [0.2, 0.25) is 0 Å². The first-order valence-electron chi connectivity index (χ1n) is 6.67. The Morgan fingerprint density at radius 1 is 1.55 bits per heavy atom. The maximum Gasteiger partial charge on any atom is 0.240 e. The standard InChI is InChI=1S/C14H21N3O3/c1-9-6-10(2-3-12(9)15)17-8-11(20-5-4-18)7-13(17)14(16)19/h2-3,6,11,13,18H,4-5,7-8,15H2,1H3,(H2,16,19). The maximum atomic E-state index is 11.6. The first kappa shape index (κ1) is 14.6. The molecule has 2 unspecified atom stereocenters. The summed E-state index contributed by atoms with van der Waals surface area (Å²) in [7, 11) is 0. The SMILES string of the molecule is Cc1cc(N2CC(OCCO)CC2C(N)=O)ccc1N. The van der Waals surface area contributed by atoms with Crippen molar-refractivity contribution >= 4 is 17.3 Å². The number of hydrogen-bond donors (Lipinski definition) is 3. The Balaban J connectivity index is 2.18. The van der Waals surface area contributed by atoms with E-state index in [1.165, 1.54) is 0 Å². The number of benzene rings is 1. The van der Waals surface area contributed by atoms with Crippen LogP contribution in [-0.4, -0.2) is 42.9 Å². The van der Waals surface area contributed by atoms with E-state index in [0.29, 0.717) is 13.0 Å². The molecule has 0 saturated carbocycles. The summed E-state index contributed by atoms with van der Waals surface area (Å²) >= 11 is 0. The third-order valence-electron chi connectivity index (χ3n) is 3.62. The molecule has 1 heterocycles. The number of aryl methyl sites for hydroxylation is 1. The van der Waals surface area contributed by atoms with Crippen LogP contribution < -0.4 is 16.4 Å². The van der Waals surface area contributed by atoms with Crippen molar-refractivity contribution in [1.82, 2.24) is 0 Å². The first-order valence-corrected chi connectivity index (χ1v) is 6.67. The van der Waals surface area contributed by atoms with Gasteiger partial charge >= 0.3 is 0 Å². The van der Waals surface area contributed by atoms with Crippen LogP contribution in [0.5, 0.6) is 0 Å².